The predicted molar refractivity (Wildman–Crippen MR) is 87.9 cm³/mol. The molecule has 0 aromatic heterocycles. The Morgan fingerprint density at radius 3 is 2.25 bits per heavy atom. The zero-order chi connectivity index (χ0) is 14.7. The molecule has 2 heteroatoms. The SMILES string of the molecule is CCOc1cc(N(C(C)C)C(C)C)cc2ccccc12. The third-order valence-electron chi connectivity index (χ3n) is 3.52. The average molecular weight is 271 g/mol. The smallest absolute Gasteiger partial charge is 0.129 e. The van der Waals surface area contributed by atoms with Gasteiger partial charge in [-0.1, -0.05) is 24.3 Å². The maximum Gasteiger partial charge on any atom is 0.129 e. The lowest BCUT2D eigenvalue weighted by Crippen LogP contribution is -2.36. The van der Waals surface area contributed by atoms with Gasteiger partial charge in [-0.3, -0.25) is 0 Å². The molecular weight excluding hydrogens is 246 g/mol. The molecule has 0 saturated carbocycles. The van der Waals surface area contributed by atoms with E-state index in [-0.39, 0.29) is 0 Å². The van der Waals surface area contributed by atoms with Gasteiger partial charge in [-0.15, -0.1) is 0 Å². The second kappa shape index (κ2) is 6.17. The number of ether oxygens (including phenoxy) is 1. The molecule has 2 aromatic carbocycles. The lowest BCUT2D eigenvalue weighted by atomic mass is 10.1. The van der Waals surface area contributed by atoms with E-state index in [1.54, 1.807) is 0 Å². The number of fused-ring (bicyclic) bond motifs is 1. The summed E-state index contributed by atoms with van der Waals surface area (Å²) in [5, 5.41) is 2.42. The van der Waals surface area contributed by atoms with Crippen molar-refractivity contribution in [3.8, 4) is 5.75 Å². The number of rotatable bonds is 5. The van der Waals surface area contributed by atoms with Crippen LogP contribution in [-0.2, 0) is 0 Å². The third kappa shape index (κ3) is 2.90. The van der Waals surface area contributed by atoms with Gasteiger partial charge in [0, 0.05) is 29.2 Å². The minimum Gasteiger partial charge on any atom is -0.493 e. The van der Waals surface area contributed by atoms with Crippen LogP contribution in [0, 0.1) is 0 Å². The summed E-state index contributed by atoms with van der Waals surface area (Å²) in [5.74, 6) is 0.979. The van der Waals surface area contributed by atoms with E-state index >= 15 is 0 Å². The van der Waals surface area contributed by atoms with Crippen LogP contribution in [-0.4, -0.2) is 18.7 Å². The maximum atomic E-state index is 5.84. The molecule has 2 rings (SSSR count). The van der Waals surface area contributed by atoms with Crippen LogP contribution in [0.15, 0.2) is 36.4 Å². The fraction of sp³-hybridized carbons (Fsp3) is 0.444. The van der Waals surface area contributed by atoms with Gasteiger partial charge in [-0.2, -0.15) is 0 Å². The molecule has 0 N–H and O–H groups in total. The molecule has 0 radical (unpaired) electrons. The van der Waals surface area contributed by atoms with Crippen molar-refractivity contribution < 1.29 is 4.74 Å². The zero-order valence-electron chi connectivity index (χ0n) is 13.2. The zero-order valence-corrected chi connectivity index (χ0v) is 13.2. The molecule has 2 nitrogen and oxygen atoms in total. The van der Waals surface area contributed by atoms with Crippen molar-refractivity contribution in [3.63, 3.8) is 0 Å². The first-order chi connectivity index (χ1) is 9.54. The molecule has 0 bridgehead atoms. The quantitative estimate of drug-likeness (QED) is 0.770. The highest BCUT2D eigenvalue weighted by atomic mass is 16.5. The first kappa shape index (κ1) is 14.7. The van der Waals surface area contributed by atoms with Crippen molar-refractivity contribution in [1.82, 2.24) is 0 Å². The summed E-state index contributed by atoms with van der Waals surface area (Å²) in [5.41, 5.74) is 1.23. The van der Waals surface area contributed by atoms with Gasteiger partial charge in [0.05, 0.1) is 6.61 Å². The Morgan fingerprint density at radius 1 is 1.00 bits per heavy atom. The maximum absolute atomic E-state index is 5.84. The van der Waals surface area contributed by atoms with Crippen molar-refractivity contribution >= 4 is 16.5 Å². The Bertz CT molecular complexity index is 567. The van der Waals surface area contributed by atoms with Crippen LogP contribution in [0.2, 0.25) is 0 Å². The fourth-order valence-corrected chi connectivity index (χ4v) is 2.88. The molecule has 0 fully saturated rings. The van der Waals surface area contributed by atoms with Gasteiger partial charge in [0.2, 0.25) is 0 Å². The van der Waals surface area contributed by atoms with E-state index in [0.717, 1.165) is 5.75 Å². The average Bonchev–Trinajstić information content (AvgIpc) is 2.38. The van der Waals surface area contributed by atoms with Gasteiger partial charge in [0.1, 0.15) is 5.75 Å². The van der Waals surface area contributed by atoms with E-state index < -0.39 is 0 Å². The van der Waals surface area contributed by atoms with Gasteiger partial charge >= 0.3 is 0 Å². The Kier molecular flexibility index (Phi) is 4.53. The summed E-state index contributed by atoms with van der Waals surface area (Å²) in [6.45, 7) is 11.6. The summed E-state index contributed by atoms with van der Waals surface area (Å²) >= 11 is 0. The van der Waals surface area contributed by atoms with Crippen LogP contribution >= 0.6 is 0 Å². The van der Waals surface area contributed by atoms with Crippen LogP contribution in [0.4, 0.5) is 5.69 Å². The Balaban J connectivity index is 2.59. The van der Waals surface area contributed by atoms with Crippen LogP contribution in [0.5, 0.6) is 5.75 Å². The van der Waals surface area contributed by atoms with Crippen molar-refractivity contribution in [2.45, 2.75) is 46.7 Å². The van der Waals surface area contributed by atoms with Crippen LogP contribution in [0.25, 0.3) is 10.8 Å². The molecule has 0 aliphatic rings. The Morgan fingerprint density at radius 2 is 1.65 bits per heavy atom. The first-order valence-corrected chi connectivity index (χ1v) is 7.48. The number of nitrogens with zero attached hydrogens (tertiary/aromatic N) is 1. The summed E-state index contributed by atoms with van der Waals surface area (Å²) in [7, 11) is 0. The van der Waals surface area contributed by atoms with Crippen molar-refractivity contribution in [2.24, 2.45) is 0 Å². The van der Waals surface area contributed by atoms with Crippen molar-refractivity contribution in [2.75, 3.05) is 11.5 Å². The summed E-state index contributed by atoms with van der Waals surface area (Å²) < 4.78 is 5.84. The van der Waals surface area contributed by atoms with Crippen molar-refractivity contribution in [1.29, 1.82) is 0 Å². The summed E-state index contributed by atoms with van der Waals surface area (Å²) in [6, 6.07) is 13.8. The Labute approximate surface area is 122 Å². The molecule has 0 atom stereocenters. The van der Waals surface area contributed by atoms with Crippen molar-refractivity contribution in [3.05, 3.63) is 36.4 Å². The van der Waals surface area contributed by atoms with Gasteiger partial charge in [-0.05, 0) is 46.1 Å². The molecule has 0 saturated heterocycles. The lowest BCUT2D eigenvalue weighted by molar-refractivity contribution is 0.344. The number of anilines is 1. The number of hydrogen-bond donors (Lipinski definition) is 0. The van der Waals surface area contributed by atoms with E-state index in [1.807, 2.05) is 6.92 Å². The third-order valence-corrected chi connectivity index (χ3v) is 3.52. The second-order valence-electron chi connectivity index (χ2n) is 5.69. The topological polar surface area (TPSA) is 12.5 Å². The van der Waals surface area contributed by atoms with Crippen LogP contribution in [0.3, 0.4) is 0 Å². The molecule has 108 valence electrons. The van der Waals surface area contributed by atoms with E-state index in [0.29, 0.717) is 18.7 Å². The monoisotopic (exact) mass is 271 g/mol. The predicted octanol–water partition coefficient (Wildman–Crippen LogP) is 4.86. The fourth-order valence-electron chi connectivity index (χ4n) is 2.88. The first-order valence-electron chi connectivity index (χ1n) is 7.48. The highest BCUT2D eigenvalue weighted by molar-refractivity contribution is 5.91. The highest BCUT2D eigenvalue weighted by Crippen LogP contribution is 2.33. The van der Waals surface area contributed by atoms with Crippen LogP contribution in [0.1, 0.15) is 34.6 Å². The van der Waals surface area contributed by atoms with Gasteiger partial charge in [0.15, 0.2) is 0 Å². The minimum absolute atomic E-state index is 0.464. The van der Waals surface area contributed by atoms with E-state index in [1.165, 1.54) is 16.5 Å². The minimum atomic E-state index is 0.464. The van der Waals surface area contributed by atoms with Gasteiger partial charge < -0.3 is 9.64 Å². The second-order valence-corrected chi connectivity index (χ2v) is 5.69. The van der Waals surface area contributed by atoms with Gasteiger partial charge in [0.25, 0.3) is 0 Å². The van der Waals surface area contributed by atoms with E-state index in [4.69, 9.17) is 4.74 Å². The standard InChI is InChI=1S/C18H25NO/c1-6-20-18-12-16(19(13(2)3)14(4)5)11-15-9-7-8-10-17(15)18/h7-14H,6H2,1-5H3. The summed E-state index contributed by atoms with van der Waals surface area (Å²) in [4.78, 5) is 2.43. The molecule has 0 spiro atoms. The molecule has 2 aromatic rings. The molecule has 0 amide bonds. The van der Waals surface area contributed by atoms with E-state index in [2.05, 4.69) is 69.0 Å². The van der Waals surface area contributed by atoms with Crippen LogP contribution < -0.4 is 9.64 Å². The molecule has 0 aliphatic heterocycles. The summed E-state index contributed by atoms with van der Waals surface area (Å²) in [6.07, 6.45) is 0. The normalized spacial score (nSPS) is 11.3. The molecule has 0 heterocycles. The number of benzene rings is 2. The van der Waals surface area contributed by atoms with Gasteiger partial charge in [-0.25, -0.2) is 0 Å². The largest absolute Gasteiger partial charge is 0.493 e. The molecular formula is C18H25NO. The molecule has 20 heavy (non-hydrogen) atoms. The molecule has 0 unspecified atom stereocenters. The highest BCUT2D eigenvalue weighted by Gasteiger charge is 2.16. The lowest BCUT2D eigenvalue weighted by Gasteiger charge is -2.33. The molecule has 0 aliphatic carbocycles. The van der Waals surface area contributed by atoms with E-state index in [9.17, 15) is 0 Å². The number of hydrogen-bond acceptors (Lipinski definition) is 2. The Hall–Kier alpha value is -1.70.